The molecule has 0 aromatic heterocycles. The second-order valence-electron chi connectivity index (χ2n) is 6.09. The quantitative estimate of drug-likeness (QED) is 0.481. The summed E-state index contributed by atoms with van der Waals surface area (Å²) in [6, 6.07) is 10.5. The van der Waals surface area contributed by atoms with E-state index in [2.05, 4.69) is 0 Å². The van der Waals surface area contributed by atoms with Crippen molar-refractivity contribution in [2.45, 2.75) is 20.4 Å². The molecular weight excluding hydrogens is 433 g/mol. The molecule has 152 valence electrons. The predicted octanol–water partition coefficient (Wildman–Crippen LogP) is 6.03. The van der Waals surface area contributed by atoms with Crippen molar-refractivity contribution in [3.63, 3.8) is 0 Å². The van der Waals surface area contributed by atoms with Gasteiger partial charge in [0.25, 0.3) is 11.1 Å². The number of nitrogens with zero attached hydrogens (tertiary/aromatic N) is 1. The van der Waals surface area contributed by atoms with E-state index in [1.165, 1.54) is 4.90 Å². The molecule has 0 spiro atoms. The van der Waals surface area contributed by atoms with E-state index in [9.17, 15) is 9.59 Å². The average molecular weight is 452 g/mol. The highest BCUT2D eigenvalue weighted by atomic mass is 35.5. The van der Waals surface area contributed by atoms with Gasteiger partial charge in [0, 0.05) is 5.02 Å². The number of benzene rings is 2. The molecular formula is C21H19Cl2NO4S. The molecule has 1 fully saturated rings. The Kier molecular flexibility index (Phi) is 7.11. The van der Waals surface area contributed by atoms with Gasteiger partial charge in [0.15, 0.2) is 11.5 Å². The van der Waals surface area contributed by atoms with Gasteiger partial charge in [0.2, 0.25) is 0 Å². The Morgan fingerprint density at radius 2 is 1.83 bits per heavy atom. The molecule has 0 unspecified atom stereocenters. The summed E-state index contributed by atoms with van der Waals surface area (Å²) in [4.78, 5) is 26.7. The number of carbonyl (C=O) groups is 2. The lowest BCUT2D eigenvalue weighted by molar-refractivity contribution is -0.123. The zero-order chi connectivity index (χ0) is 21.0. The molecule has 0 N–H and O–H groups in total. The molecule has 2 amide bonds. The molecule has 0 saturated carbocycles. The van der Waals surface area contributed by atoms with E-state index in [1.807, 2.05) is 19.9 Å². The van der Waals surface area contributed by atoms with Gasteiger partial charge in [-0.25, -0.2) is 0 Å². The first-order valence-corrected chi connectivity index (χ1v) is 10.6. The highest BCUT2D eigenvalue weighted by molar-refractivity contribution is 8.18. The molecule has 0 radical (unpaired) electrons. The zero-order valence-corrected chi connectivity index (χ0v) is 18.2. The lowest BCUT2D eigenvalue weighted by atomic mass is 10.1. The molecule has 2 aromatic rings. The normalized spacial score (nSPS) is 15.3. The number of halogens is 2. The fourth-order valence-corrected chi connectivity index (χ4v) is 4.15. The molecule has 5 nitrogen and oxygen atoms in total. The Bertz CT molecular complexity index is 977. The van der Waals surface area contributed by atoms with Crippen LogP contribution in [-0.2, 0) is 11.3 Å². The molecule has 29 heavy (non-hydrogen) atoms. The van der Waals surface area contributed by atoms with Crippen molar-refractivity contribution in [1.29, 1.82) is 0 Å². The SMILES string of the molecule is CCOc1cc(/C=C2\SC(=O)N(Cc3cccc(Cl)c3)C2=O)cc(Cl)c1OCC. The Balaban J connectivity index is 1.87. The van der Waals surface area contributed by atoms with Crippen molar-refractivity contribution in [2.24, 2.45) is 0 Å². The zero-order valence-electron chi connectivity index (χ0n) is 15.9. The number of imide groups is 1. The number of carbonyl (C=O) groups excluding carboxylic acids is 2. The number of hydrogen-bond donors (Lipinski definition) is 0. The third kappa shape index (κ3) is 5.07. The van der Waals surface area contributed by atoms with Gasteiger partial charge in [-0.2, -0.15) is 0 Å². The highest BCUT2D eigenvalue weighted by Gasteiger charge is 2.35. The molecule has 1 saturated heterocycles. The van der Waals surface area contributed by atoms with Crippen LogP contribution in [0.3, 0.4) is 0 Å². The summed E-state index contributed by atoms with van der Waals surface area (Å²) < 4.78 is 11.2. The average Bonchev–Trinajstić information content (AvgIpc) is 2.92. The van der Waals surface area contributed by atoms with Gasteiger partial charge in [-0.05, 0) is 67.1 Å². The van der Waals surface area contributed by atoms with Crippen LogP contribution in [0.5, 0.6) is 11.5 Å². The van der Waals surface area contributed by atoms with Crippen LogP contribution in [0, 0.1) is 0 Å². The van der Waals surface area contributed by atoms with Crippen LogP contribution in [0.4, 0.5) is 4.79 Å². The molecule has 0 bridgehead atoms. The van der Waals surface area contributed by atoms with Crippen molar-refractivity contribution < 1.29 is 19.1 Å². The first kappa shape index (κ1) is 21.6. The minimum absolute atomic E-state index is 0.163. The van der Waals surface area contributed by atoms with E-state index in [-0.39, 0.29) is 17.7 Å². The maximum absolute atomic E-state index is 12.8. The van der Waals surface area contributed by atoms with Crippen molar-refractivity contribution in [3.8, 4) is 11.5 Å². The second-order valence-corrected chi connectivity index (χ2v) is 7.93. The van der Waals surface area contributed by atoms with Gasteiger partial charge in [-0.3, -0.25) is 14.5 Å². The Morgan fingerprint density at radius 1 is 1.07 bits per heavy atom. The summed E-state index contributed by atoms with van der Waals surface area (Å²) in [5.74, 6) is 0.594. The molecule has 3 rings (SSSR count). The van der Waals surface area contributed by atoms with Crippen LogP contribution in [0.15, 0.2) is 41.3 Å². The smallest absolute Gasteiger partial charge is 0.293 e. The summed E-state index contributed by atoms with van der Waals surface area (Å²) >= 11 is 13.2. The molecule has 1 heterocycles. The van der Waals surface area contributed by atoms with Crippen LogP contribution in [-0.4, -0.2) is 29.3 Å². The van der Waals surface area contributed by atoms with E-state index in [0.29, 0.717) is 45.2 Å². The lowest BCUT2D eigenvalue weighted by Gasteiger charge is -2.14. The summed E-state index contributed by atoms with van der Waals surface area (Å²) in [5.41, 5.74) is 1.43. The summed E-state index contributed by atoms with van der Waals surface area (Å²) in [7, 11) is 0. The van der Waals surface area contributed by atoms with E-state index in [4.69, 9.17) is 32.7 Å². The first-order chi connectivity index (χ1) is 13.9. The van der Waals surface area contributed by atoms with Gasteiger partial charge in [0.05, 0.1) is 29.7 Å². The Morgan fingerprint density at radius 3 is 2.52 bits per heavy atom. The predicted molar refractivity (Wildman–Crippen MR) is 117 cm³/mol. The number of amides is 2. The largest absolute Gasteiger partial charge is 0.490 e. The third-order valence-electron chi connectivity index (χ3n) is 4.02. The summed E-state index contributed by atoms with van der Waals surface area (Å²) in [6.45, 7) is 4.77. The monoisotopic (exact) mass is 451 g/mol. The summed E-state index contributed by atoms with van der Waals surface area (Å²) in [6.07, 6.45) is 1.63. The molecule has 0 atom stereocenters. The highest BCUT2D eigenvalue weighted by Crippen LogP contribution is 2.39. The minimum Gasteiger partial charge on any atom is -0.490 e. The van der Waals surface area contributed by atoms with Crippen molar-refractivity contribution >= 4 is 52.2 Å². The molecule has 0 aliphatic carbocycles. The maximum Gasteiger partial charge on any atom is 0.293 e. The molecule has 1 aliphatic heterocycles. The van der Waals surface area contributed by atoms with E-state index < -0.39 is 0 Å². The first-order valence-electron chi connectivity index (χ1n) is 9.01. The standard InChI is InChI=1S/C21H19Cl2NO4S/c1-3-27-17-10-14(9-16(23)19(17)28-4-2)11-18-20(25)24(21(26)29-18)12-13-6-5-7-15(22)8-13/h5-11H,3-4,12H2,1-2H3/b18-11-. The van der Waals surface area contributed by atoms with Crippen LogP contribution in [0.25, 0.3) is 6.08 Å². The fraction of sp³-hybridized carbons (Fsp3) is 0.238. The molecule has 8 heteroatoms. The van der Waals surface area contributed by atoms with E-state index in [1.54, 1.807) is 36.4 Å². The van der Waals surface area contributed by atoms with E-state index in [0.717, 1.165) is 17.3 Å². The Labute approximate surface area is 183 Å². The third-order valence-corrected chi connectivity index (χ3v) is 5.44. The maximum atomic E-state index is 12.8. The topological polar surface area (TPSA) is 55.8 Å². The van der Waals surface area contributed by atoms with Crippen molar-refractivity contribution in [1.82, 2.24) is 4.90 Å². The second kappa shape index (κ2) is 9.57. The van der Waals surface area contributed by atoms with Crippen LogP contribution < -0.4 is 9.47 Å². The van der Waals surface area contributed by atoms with Crippen LogP contribution >= 0.6 is 35.0 Å². The lowest BCUT2D eigenvalue weighted by Crippen LogP contribution is -2.27. The van der Waals surface area contributed by atoms with Crippen molar-refractivity contribution in [2.75, 3.05) is 13.2 Å². The summed E-state index contributed by atoms with van der Waals surface area (Å²) in [5, 5.41) is 0.600. The molecule has 1 aliphatic rings. The van der Waals surface area contributed by atoms with Crippen molar-refractivity contribution in [3.05, 3.63) is 62.5 Å². The number of thioether (sulfide) groups is 1. The van der Waals surface area contributed by atoms with Gasteiger partial charge in [-0.15, -0.1) is 0 Å². The number of rotatable bonds is 7. The van der Waals surface area contributed by atoms with Gasteiger partial charge < -0.3 is 9.47 Å². The number of hydrogen-bond acceptors (Lipinski definition) is 5. The van der Waals surface area contributed by atoms with E-state index >= 15 is 0 Å². The number of ether oxygens (including phenoxy) is 2. The van der Waals surface area contributed by atoms with Gasteiger partial charge in [-0.1, -0.05) is 35.3 Å². The van der Waals surface area contributed by atoms with Gasteiger partial charge in [0.1, 0.15) is 0 Å². The van der Waals surface area contributed by atoms with Crippen LogP contribution in [0.1, 0.15) is 25.0 Å². The van der Waals surface area contributed by atoms with Gasteiger partial charge >= 0.3 is 0 Å². The fourth-order valence-electron chi connectivity index (χ4n) is 2.82. The Hall–Kier alpha value is -2.15. The van der Waals surface area contributed by atoms with Crippen LogP contribution in [0.2, 0.25) is 10.0 Å². The minimum atomic E-state index is -0.358. The molecule has 2 aromatic carbocycles.